The fraction of sp³-hybridized carbons (Fsp3) is 0.483. The van der Waals surface area contributed by atoms with Gasteiger partial charge in [-0.3, -0.25) is 14.6 Å². The first-order chi connectivity index (χ1) is 18.9. The van der Waals surface area contributed by atoms with Gasteiger partial charge in [-0.2, -0.15) is 10.4 Å². The summed E-state index contributed by atoms with van der Waals surface area (Å²) in [6, 6.07) is 9.33. The van der Waals surface area contributed by atoms with Gasteiger partial charge in [-0.15, -0.1) is 0 Å². The third-order valence-electron chi connectivity index (χ3n) is 8.34. The third kappa shape index (κ3) is 5.36. The number of nitrogens with zero attached hydrogens (tertiary/aromatic N) is 4. The lowest BCUT2D eigenvalue weighted by molar-refractivity contribution is -0.122. The molecule has 3 aliphatic carbocycles. The summed E-state index contributed by atoms with van der Waals surface area (Å²) < 4.78 is 16.1. The van der Waals surface area contributed by atoms with E-state index in [-0.39, 0.29) is 29.1 Å². The zero-order valence-corrected chi connectivity index (χ0v) is 22.9. The number of alkyl halides is 1. The first-order valence-corrected chi connectivity index (χ1v) is 13.5. The molecule has 3 heterocycles. The number of halogens is 1. The van der Waals surface area contributed by atoms with Crippen LogP contribution in [0, 0.1) is 11.3 Å². The second kappa shape index (κ2) is 10.2. The van der Waals surface area contributed by atoms with Crippen LogP contribution in [0.3, 0.4) is 0 Å². The summed E-state index contributed by atoms with van der Waals surface area (Å²) in [5, 5.41) is 33.0. The number of nitrogens with one attached hydrogen (secondary N) is 3. The van der Waals surface area contributed by atoms with Crippen LogP contribution in [-0.4, -0.2) is 60.9 Å². The number of aromatic nitrogens is 3. The van der Waals surface area contributed by atoms with Crippen molar-refractivity contribution in [1.82, 2.24) is 25.2 Å². The normalized spacial score (nSPS) is 22.9. The van der Waals surface area contributed by atoms with Crippen LogP contribution >= 0.6 is 0 Å². The summed E-state index contributed by atoms with van der Waals surface area (Å²) in [6.45, 7) is 3.92. The Hall–Kier alpha value is -4.04. The number of fused-ring (bicyclic) bond motifs is 4. The van der Waals surface area contributed by atoms with Crippen LogP contribution < -0.4 is 16.0 Å². The Bertz CT molecular complexity index is 1480. The first-order valence-electron chi connectivity index (χ1n) is 13.5. The molecule has 2 amide bonds. The fourth-order valence-corrected chi connectivity index (χ4v) is 5.88. The van der Waals surface area contributed by atoms with Crippen molar-refractivity contribution in [3.05, 3.63) is 47.8 Å². The molecule has 210 valence electrons. The highest BCUT2D eigenvalue weighted by atomic mass is 19.1. The molecule has 11 heteroatoms. The number of amides is 2. The average Bonchev–Trinajstić information content (AvgIpc) is 3.35. The number of anilines is 1. The fourth-order valence-electron chi connectivity index (χ4n) is 5.88. The SMILES string of the molecule is CC(=O)NC12CCC(Nc3cc(-c4ccc5cc(C#N)cnn45)ncc3C(=O)NC[C@@H](F)C(C)(C)O)(CC1)CC2. The number of hydrogen-bond acceptors (Lipinski definition) is 7. The third-order valence-corrected chi connectivity index (χ3v) is 8.34. The van der Waals surface area contributed by atoms with Gasteiger partial charge in [-0.25, -0.2) is 8.91 Å². The summed E-state index contributed by atoms with van der Waals surface area (Å²) in [4.78, 5) is 29.6. The number of pyridine rings is 1. The van der Waals surface area contributed by atoms with Crippen LogP contribution in [0.2, 0.25) is 0 Å². The zero-order chi connectivity index (χ0) is 28.7. The molecule has 2 bridgehead atoms. The van der Waals surface area contributed by atoms with E-state index in [1.807, 2.05) is 12.1 Å². The first kappa shape index (κ1) is 27.5. The van der Waals surface area contributed by atoms with Crippen LogP contribution in [0.15, 0.2) is 36.7 Å². The van der Waals surface area contributed by atoms with Gasteiger partial charge in [-0.1, -0.05) is 0 Å². The maximum absolute atomic E-state index is 14.4. The van der Waals surface area contributed by atoms with E-state index in [0.29, 0.717) is 22.6 Å². The van der Waals surface area contributed by atoms with E-state index >= 15 is 0 Å². The van der Waals surface area contributed by atoms with Gasteiger partial charge in [0.05, 0.1) is 52.1 Å². The van der Waals surface area contributed by atoms with Crippen molar-refractivity contribution >= 4 is 23.0 Å². The van der Waals surface area contributed by atoms with Gasteiger partial charge in [0, 0.05) is 24.2 Å². The molecule has 1 atom stereocenters. The van der Waals surface area contributed by atoms with Crippen molar-refractivity contribution in [2.45, 2.75) is 82.1 Å². The molecule has 3 aromatic rings. The predicted molar refractivity (Wildman–Crippen MR) is 147 cm³/mol. The van der Waals surface area contributed by atoms with Gasteiger partial charge < -0.3 is 21.1 Å². The minimum absolute atomic E-state index is 0.0211. The van der Waals surface area contributed by atoms with Crippen LogP contribution in [-0.2, 0) is 4.79 Å². The molecular weight excluding hydrogens is 513 g/mol. The molecule has 10 nitrogen and oxygen atoms in total. The molecule has 3 aliphatic rings. The van der Waals surface area contributed by atoms with Crippen molar-refractivity contribution in [3.63, 3.8) is 0 Å². The Balaban J connectivity index is 1.47. The second-order valence-corrected chi connectivity index (χ2v) is 11.7. The van der Waals surface area contributed by atoms with Gasteiger partial charge in [0.2, 0.25) is 5.91 Å². The molecule has 0 unspecified atom stereocenters. The van der Waals surface area contributed by atoms with Crippen molar-refractivity contribution in [2.24, 2.45) is 0 Å². The van der Waals surface area contributed by atoms with Crippen LogP contribution in [0.4, 0.5) is 10.1 Å². The molecule has 0 radical (unpaired) electrons. The number of aliphatic hydroxyl groups is 1. The average molecular weight is 548 g/mol. The number of carbonyl (C=O) groups excluding carboxylic acids is 2. The predicted octanol–water partition coefficient (Wildman–Crippen LogP) is 3.50. The maximum Gasteiger partial charge on any atom is 0.255 e. The van der Waals surface area contributed by atoms with Crippen molar-refractivity contribution in [1.29, 1.82) is 5.26 Å². The summed E-state index contributed by atoms with van der Waals surface area (Å²) in [6.07, 6.45) is 6.29. The second-order valence-electron chi connectivity index (χ2n) is 11.7. The van der Waals surface area contributed by atoms with Gasteiger partial charge in [0.1, 0.15) is 12.2 Å². The lowest BCUT2D eigenvalue weighted by Crippen LogP contribution is -2.60. The minimum Gasteiger partial charge on any atom is -0.387 e. The molecule has 3 fully saturated rings. The molecule has 40 heavy (non-hydrogen) atoms. The van der Waals surface area contributed by atoms with E-state index in [0.717, 1.165) is 44.0 Å². The standard InChI is InChI=1S/C29H34FN7O3/c1-18(38)35-28-6-9-29(10-7-28,11-8-28)36-22-13-23(24-5-4-20-12-19(14-31)15-34-37(20)24)32-16-21(22)26(39)33-17-25(30)27(2,3)40/h4-5,12-13,15-16,25,40H,6-11,17H2,1-3H3,(H,32,36)(H,33,39)(H,35,38)/t25-,28?,29?/m1/s1. The molecule has 0 spiro atoms. The van der Waals surface area contributed by atoms with Crippen molar-refractivity contribution < 1.29 is 19.1 Å². The lowest BCUT2D eigenvalue weighted by atomic mass is 9.61. The smallest absolute Gasteiger partial charge is 0.255 e. The lowest BCUT2D eigenvalue weighted by Gasteiger charge is -2.54. The van der Waals surface area contributed by atoms with Crippen LogP contribution in [0.1, 0.15) is 75.2 Å². The molecular formula is C29H34FN7O3. The Labute approximate surface area is 232 Å². The zero-order valence-electron chi connectivity index (χ0n) is 22.9. The topological polar surface area (TPSA) is 144 Å². The molecule has 3 saturated carbocycles. The summed E-state index contributed by atoms with van der Waals surface area (Å²) in [5.41, 5.74) is 1.26. The minimum atomic E-state index is -1.64. The van der Waals surface area contributed by atoms with E-state index < -0.39 is 17.7 Å². The molecule has 0 aromatic carbocycles. The van der Waals surface area contributed by atoms with Gasteiger partial charge >= 0.3 is 0 Å². The van der Waals surface area contributed by atoms with E-state index in [4.69, 9.17) is 0 Å². The van der Waals surface area contributed by atoms with Crippen molar-refractivity contribution in [3.8, 4) is 17.5 Å². The maximum atomic E-state index is 14.4. The summed E-state index contributed by atoms with van der Waals surface area (Å²) in [5.74, 6) is -0.520. The molecule has 4 N–H and O–H groups in total. The molecule has 0 aliphatic heterocycles. The monoisotopic (exact) mass is 547 g/mol. The highest BCUT2D eigenvalue weighted by molar-refractivity contribution is 6.00. The van der Waals surface area contributed by atoms with E-state index in [1.165, 1.54) is 26.2 Å². The van der Waals surface area contributed by atoms with Gasteiger partial charge in [0.25, 0.3) is 5.91 Å². The molecule has 0 saturated heterocycles. The largest absolute Gasteiger partial charge is 0.387 e. The van der Waals surface area contributed by atoms with Gasteiger partial charge in [0.15, 0.2) is 0 Å². The summed E-state index contributed by atoms with van der Waals surface area (Å²) >= 11 is 0. The van der Waals surface area contributed by atoms with Crippen molar-refractivity contribution in [2.75, 3.05) is 11.9 Å². The highest BCUT2D eigenvalue weighted by Gasteiger charge is 2.49. The van der Waals surface area contributed by atoms with E-state index in [2.05, 4.69) is 32.1 Å². The molecule has 6 rings (SSSR count). The van der Waals surface area contributed by atoms with E-state index in [1.54, 1.807) is 23.6 Å². The molecule has 3 aromatic heterocycles. The number of hydrogen-bond donors (Lipinski definition) is 4. The Morgan fingerprint density at radius 2 is 1.82 bits per heavy atom. The van der Waals surface area contributed by atoms with E-state index in [9.17, 15) is 24.3 Å². The Morgan fingerprint density at radius 1 is 1.15 bits per heavy atom. The van der Waals surface area contributed by atoms with Crippen LogP contribution in [0.25, 0.3) is 16.9 Å². The Morgan fingerprint density at radius 3 is 2.45 bits per heavy atom. The highest BCUT2D eigenvalue weighted by Crippen LogP contribution is 2.48. The summed E-state index contributed by atoms with van der Waals surface area (Å²) in [7, 11) is 0. The number of carbonyl (C=O) groups is 2. The quantitative estimate of drug-likeness (QED) is 0.338. The van der Waals surface area contributed by atoms with Gasteiger partial charge in [-0.05, 0) is 76.6 Å². The Kier molecular flexibility index (Phi) is 7.00. The van der Waals surface area contributed by atoms with Crippen LogP contribution in [0.5, 0.6) is 0 Å². The number of rotatable bonds is 8. The number of nitriles is 1.